The van der Waals surface area contributed by atoms with Crippen molar-refractivity contribution >= 4 is 17.7 Å². The predicted molar refractivity (Wildman–Crippen MR) is 100 cm³/mol. The summed E-state index contributed by atoms with van der Waals surface area (Å²) >= 11 is 1.47. The topological polar surface area (TPSA) is 63.1 Å². The molecule has 6 nitrogen and oxygen atoms in total. The van der Waals surface area contributed by atoms with Crippen LogP contribution < -0.4 is 5.32 Å². The van der Waals surface area contributed by atoms with Gasteiger partial charge in [-0.2, -0.15) is 0 Å². The zero-order valence-electron chi connectivity index (χ0n) is 16.2. The van der Waals surface area contributed by atoms with E-state index in [1.165, 1.54) is 11.8 Å². The second-order valence-electron chi connectivity index (χ2n) is 7.32. The van der Waals surface area contributed by atoms with Crippen molar-refractivity contribution < 1.29 is 4.79 Å². The average molecular weight is 356 g/mol. The van der Waals surface area contributed by atoms with Crippen LogP contribution in [0, 0.1) is 0 Å². The van der Waals surface area contributed by atoms with E-state index in [1.54, 1.807) is 0 Å². The first-order valence-electron chi connectivity index (χ1n) is 8.72. The van der Waals surface area contributed by atoms with Gasteiger partial charge in [0.2, 0.25) is 5.91 Å². The zero-order chi connectivity index (χ0) is 18.3. The van der Waals surface area contributed by atoms with Crippen LogP contribution in [0.25, 0.3) is 0 Å². The summed E-state index contributed by atoms with van der Waals surface area (Å²) in [7, 11) is 4.13. The molecule has 1 aromatic heterocycles. The minimum absolute atomic E-state index is 0.0266. The molecule has 138 valence electrons. The number of amides is 1. The average Bonchev–Trinajstić information content (AvgIpc) is 2.84. The van der Waals surface area contributed by atoms with E-state index < -0.39 is 0 Å². The van der Waals surface area contributed by atoms with Crippen molar-refractivity contribution in [2.75, 3.05) is 19.8 Å². The Morgan fingerprint density at radius 1 is 1.29 bits per heavy atom. The largest absolute Gasteiger partial charge is 0.351 e. The summed E-state index contributed by atoms with van der Waals surface area (Å²) in [6.45, 7) is 11.2. The van der Waals surface area contributed by atoms with E-state index in [4.69, 9.17) is 0 Å². The molecule has 24 heavy (non-hydrogen) atoms. The number of carbonyl (C=O) groups is 1. The molecule has 0 fully saturated rings. The molecule has 0 saturated carbocycles. The summed E-state index contributed by atoms with van der Waals surface area (Å²) in [5.74, 6) is 1.38. The van der Waals surface area contributed by atoms with Crippen molar-refractivity contribution in [3.63, 3.8) is 0 Å². The van der Waals surface area contributed by atoms with Gasteiger partial charge in [0.1, 0.15) is 0 Å². The second kappa shape index (κ2) is 9.42. The third-order valence-corrected chi connectivity index (χ3v) is 4.60. The summed E-state index contributed by atoms with van der Waals surface area (Å²) in [5.41, 5.74) is -0.211. The summed E-state index contributed by atoms with van der Waals surface area (Å²) in [5, 5.41) is 12.6. The van der Waals surface area contributed by atoms with Gasteiger partial charge in [-0.1, -0.05) is 32.0 Å². The van der Waals surface area contributed by atoms with Crippen LogP contribution >= 0.6 is 11.8 Å². The number of thioether (sulfide) groups is 1. The van der Waals surface area contributed by atoms with E-state index in [9.17, 15) is 4.79 Å². The fourth-order valence-corrected chi connectivity index (χ4v) is 3.31. The molecule has 0 spiro atoms. The van der Waals surface area contributed by atoms with Crippen molar-refractivity contribution in [3.05, 3.63) is 5.82 Å². The summed E-state index contributed by atoms with van der Waals surface area (Å²) in [4.78, 5) is 14.2. The van der Waals surface area contributed by atoms with Crippen LogP contribution in [-0.2, 0) is 11.3 Å². The Morgan fingerprint density at radius 3 is 2.46 bits per heavy atom. The number of nitrogens with one attached hydrogen (secondary N) is 1. The predicted octanol–water partition coefficient (Wildman–Crippen LogP) is 3.10. The van der Waals surface area contributed by atoms with Gasteiger partial charge >= 0.3 is 0 Å². The highest BCUT2D eigenvalue weighted by atomic mass is 32.2. The summed E-state index contributed by atoms with van der Waals surface area (Å²) in [6, 6.07) is 0.243. The van der Waals surface area contributed by atoms with E-state index in [0.29, 0.717) is 5.75 Å². The second-order valence-corrected chi connectivity index (χ2v) is 8.26. The molecule has 0 radical (unpaired) electrons. The first-order valence-corrected chi connectivity index (χ1v) is 9.71. The van der Waals surface area contributed by atoms with Crippen LogP contribution in [0.4, 0.5) is 0 Å². The lowest BCUT2D eigenvalue weighted by Gasteiger charge is -2.23. The van der Waals surface area contributed by atoms with E-state index in [0.717, 1.165) is 36.8 Å². The lowest BCUT2D eigenvalue weighted by Crippen LogP contribution is -2.41. The van der Waals surface area contributed by atoms with Gasteiger partial charge in [-0.3, -0.25) is 9.69 Å². The zero-order valence-corrected chi connectivity index (χ0v) is 17.0. The molecule has 1 aromatic rings. The third-order valence-electron chi connectivity index (χ3n) is 3.64. The first-order chi connectivity index (χ1) is 11.2. The number of hydrogen-bond donors (Lipinski definition) is 1. The Kier molecular flexibility index (Phi) is 8.22. The number of unbranched alkanes of at least 4 members (excludes halogenated alkanes) is 1. The molecule has 1 rings (SSSR count). The standard InChI is InChI=1S/C17H33N5OS/c1-8-10-11-22-15(13(9-2)21(6)7)19-20-16(22)24-12-14(23)18-17(3,4)5/h13H,8-12H2,1-7H3,(H,18,23)/t13-/m0/s1. The number of carbonyl (C=O) groups excluding carboxylic acids is 1. The lowest BCUT2D eigenvalue weighted by atomic mass is 10.1. The van der Waals surface area contributed by atoms with Gasteiger partial charge < -0.3 is 9.88 Å². The van der Waals surface area contributed by atoms with Crippen LogP contribution in [0.1, 0.15) is 65.7 Å². The molecule has 0 aliphatic rings. The maximum Gasteiger partial charge on any atom is 0.230 e. The SMILES string of the molecule is CCCCn1c(SCC(=O)NC(C)(C)C)nnc1[C@H](CC)N(C)C. The molecule has 0 unspecified atom stereocenters. The van der Waals surface area contributed by atoms with Crippen LogP contribution in [0.3, 0.4) is 0 Å². The van der Waals surface area contributed by atoms with E-state index >= 15 is 0 Å². The molecule has 0 aliphatic carbocycles. The van der Waals surface area contributed by atoms with Crippen molar-refractivity contribution in [1.82, 2.24) is 25.0 Å². The smallest absolute Gasteiger partial charge is 0.230 e. The molecular formula is C17H33N5OS. The van der Waals surface area contributed by atoms with Gasteiger partial charge in [0.05, 0.1) is 11.8 Å². The summed E-state index contributed by atoms with van der Waals surface area (Å²) < 4.78 is 2.19. The lowest BCUT2D eigenvalue weighted by molar-refractivity contribution is -0.119. The minimum atomic E-state index is -0.211. The molecule has 0 bridgehead atoms. The molecule has 1 N–H and O–H groups in total. The monoisotopic (exact) mass is 355 g/mol. The summed E-state index contributed by atoms with van der Waals surface area (Å²) in [6.07, 6.45) is 3.17. The fraction of sp³-hybridized carbons (Fsp3) is 0.824. The minimum Gasteiger partial charge on any atom is -0.351 e. The highest BCUT2D eigenvalue weighted by Gasteiger charge is 2.22. The maximum atomic E-state index is 12.1. The van der Waals surface area contributed by atoms with Gasteiger partial charge in [-0.15, -0.1) is 10.2 Å². The Labute approximate surface area is 150 Å². The van der Waals surface area contributed by atoms with Crippen LogP contribution in [0.5, 0.6) is 0 Å². The molecule has 1 heterocycles. The van der Waals surface area contributed by atoms with Crippen molar-refractivity contribution in [1.29, 1.82) is 0 Å². The highest BCUT2D eigenvalue weighted by Crippen LogP contribution is 2.25. The Bertz CT molecular complexity index is 522. The molecular weight excluding hydrogens is 322 g/mol. The van der Waals surface area contributed by atoms with Gasteiger partial charge in [-0.25, -0.2) is 0 Å². The van der Waals surface area contributed by atoms with Crippen LogP contribution in [-0.4, -0.2) is 51.0 Å². The Morgan fingerprint density at radius 2 is 1.96 bits per heavy atom. The van der Waals surface area contributed by atoms with Crippen LogP contribution in [0.15, 0.2) is 5.16 Å². The van der Waals surface area contributed by atoms with Crippen molar-refractivity contribution in [2.24, 2.45) is 0 Å². The van der Waals surface area contributed by atoms with Crippen molar-refractivity contribution in [3.8, 4) is 0 Å². The molecule has 1 atom stereocenters. The van der Waals surface area contributed by atoms with Gasteiger partial charge in [0, 0.05) is 12.1 Å². The Hall–Kier alpha value is -1.08. The number of rotatable bonds is 9. The molecule has 0 aliphatic heterocycles. The maximum absolute atomic E-state index is 12.1. The highest BCUT2D eigenvalue weighted by molar-refractivity contribution is 7.99. The van der Waals surface area contributed by atoms with Gasteiger partial charge in [0.25, 0.3) is 0 Å². The quantitative estimate of drug-likeness (QED) is 0.690. The third kappa shape index (κ3) is 6.43. The van der Waals surface area contributed by atoms with Crippen molar-refractivity contribution in [2.45, 2.75) is 77.2 Å². The van der Waals surface area contributed by atoms with Crippen LogP contribution in [0.2, 0.25) is 0 Å². The Balaban J connectivity index is 2.90. The fourth-order valence-electron chi connectivity index (χ4n) is 2.54. The number of hydrogen-bond acceptors (Lipinski definition) is 5. The molecule has 0 saturated heterocycles. The molecule has 0 aromatic carbocycles. The van der Waals surface area contributed by atoms with E-state index in [2.05, 4.69) is 52.9 Å². The first kappa shape index (κ1) is 21.0. The number of nitrogens with zero attached hydrogens (tertiary/aromatic N) is 4. The molecule has 7 heteroatoms. The van der Waals surface area contributed by atoms with Gasteiger partial charge in [0.15, 0.2) is 11.0 Å². The normalized spacial score (nSPS) is 13.3. The van der Waals surface area contributed by atoms with Gasteiger partial charge in [-0.05, 0) is 47.7 Å². The number of aromatic nitrogens is 3. The van der Waals surface area contributed by atoms with E-state index in [-0.39, 0.29) is 17.5 Å². The molecule has 1 amide bonds. The van der Waals surface area contributed by atoms with E-state index in [1.807, 2.05) is 20.8 Å².